The smallest absolute Gasteiger partial charge is 0.191 e. The van der Waals surface area contributed by atoms with Crippen molar-refractivity contribution in [2.45, 2.75) is 25.3 Å². The molecule has 0 amide bonds. The number of rotatable bonds is 4. The van der Waals surface area contributed by atoms with Crippen LogP contribution in [0.1, 0.15) is 19.3 Å². The molecule has 1 saturated heterocycles. The molecule has 2 N–H and O–H groups in total. The van der Waals surface area contributed by atoms with Gasteiger partial charge in [0, 0.05) is 26.2 Å². The van der Waals surface area contributed by atoms with E-state index in [1.54, 1.807) is 7.05 Å². The summed E-state index contributed by atoms with van der Waals surface area (Å²) >= 11 is 0. The molecule has 2 rings (SSSR count). The molecule has 0 radical (unpaired) electrons. The van der Waals surface area contributed by atoms with Crippen molar-refractivity contribution in [2.24, 2.45) is 10.9 Å². The summed E-state index contributed by atoms with van der Waals surface area (Å²) in [4.78, 5) is 6.77. The third kappa shape index (κ3) is 3.64. The molecule has 2 fully saturated rings. The van der Waals surface area contributed by atoms with Crippen LogP contribution in [0.5, 0.6) is 0 Å². The molecular formula is C13H22N4. The summed E-state index contributed by atoms with van der Waals surface area (Å²) in [6.45, 7) is 4.03. The van der Waals surface area contributed by atoms with E-state index in [9.17, 15) is 0 Å². The van der Waals surface area contributed by atoms with Crippen molar-refractivity contribution in [1.82, 2.24) is 15.5 Å². The summed E-state index contributed by atoms with van der Waals surface area (Å²) in [6, 6.07) is 0.902. The third-order valence-electron chi connectivity index (χ3n) is 3.52. The lowest BCUT2D eigenvalue weighted by molar-refractivity contribution is 0.314. The fourth-order valence-corrected chi connectivity index (χ4v) is 2.40. The van der Waals surface area contributed by atoms with Crippen molar-refractivity contribution in [2.75, 3.05) is 33.2 Å². The van der Waals surface area contributed by atoms with Crippen LogP contribution in [0, 0.1) is 18.3 Å². The number of likely N-dealkylation sites (tertiary alicyclic amines) is 1. The minimum Gasteiger partial charge on any atom is -0.356 e. The lowest BCUT2D eigenvalue weighted by atomic mass is 10.1. The molecule has 0 aromatic heterocycles. The predicted octanol–water partition coefficient (Wildman–Crippen LogP) is 0.269. The van der Waals surface area contributed by atoms with E-state index in [2.05, 4.69) is 26.4 Å². The van der Waals surface area contributed by atoms with Crippen LogP contribution in [0.25, 0.3) is 0 Å². The Morgan fingerprint density at radius 2 is 2.24 bits per heavy atom. The first kappa shape index (κ1) is 12.3. The number of aliphatic imine (C=N–C) groups is 1. The van der Waals surface area contributed by atoms with Gasteiger partial charge in [0.05, 0.1) is 6.54 Å². The largest absolute Gasteiger partial charge is 0.356 e. The van der Waals surface area contributed by atoms with Crippen LogP contribution in [-0.2, 0) is 0 Å². The Morgan fingerprint density at radius 3 is 2.88 bits per heavy atom. The number of nitrogens with zero attached hydrogens (tertiary/aromatic N) is 2. The first-order valence-electron chi connectivity index (χ1n) is 6.45. The number of guanidine groups is 1. The Morgan fingerprint density at radius 1 is 1.41 bits per heavy atom. The van der Waals surface area contributed by atoms with Crippen molar-refractivity contribution in [3.63, 3.8) is 0 Å². The Kier molecular flexibility index (Phi) is 4.27. The second kappa shape index (κ2) is 5.92. The van der Waals surface area contributed by atoms with E-state index in [0.29, 0.717) is 6.54 Å². The zero-order chi connectivity index (χ0) is 12.1. The maximum Gasteiger partial charge on any atom is 0.191 e. The molecule has 4 heteroatoms. The lowest BCUT2D eigenvalue weighted by Gasteiger charge is -2.16. The predicted molar refractivity (Wildman–Crippen MR) is 70.9 cm³/mol. The second-order valence-electron chi connectivity index (χ2n) is 4.89. The average Bonchev–Trinajstić information content (AvgIpc) is 3.10. The van der Waals surface area contributed by atoms with Crippen molar-refractivity contribution < 1.29 is 0 Å². The number of hydrogen-bond acceptors (Lipinski definition) is 2. The average molecular weight is 234 g/mol. The Bertz CT molecular complexity index is 314. The van der Waals surface area contributed by atoms with Gasteiger partial charge >= 0.3 is 0 Å². The summed E-state index contributed by atoms with van der Waals surface area (Å²) in [5.74, 6) is 4.11. The highest BCUT2D eigenvalue weighted by Crippen LogP contribution is 2.31. The van der Waals surface area contributed by atoms with Gasteiger partial charge in [-0.2, -0.15) is 0 Å². The fourth-order valence-electron chi connectivity index (χ4n) is 2.40. The maximum atomic E-state index is 5.21. The molecule has 4 nitrogen and oxygen atoms in total. The zero-order valence-corrected chi connectivity index (χ0v) is 10.6. The van der Waals surface area contributed by atoms with Crippen molar-refractivity contribution in [3.05, 3.63) is 0 Å². The van der Waals surface area contributed by atoms with Gasteiger partial charge in [-0.1, -0.05) is 5.92 Å². The van der Waals surface area contributed by atoms with Gasteiger partial charge in [-0.3, -0.25) is 4.99 Å². The summed E-state index contributed by atoms with van der Waals surface area (Å²) in [5.41, 5.74) is 0. The monoisotopic (exact) mass is 234 g/mol. The zero-order valence-electron chi connectivity index (χ0n) is 10.6. The highest BCUT2D eigenvalue weighted by atomic mass is 15.2. The summed E-state index contributed by atoms with van der Waals surface area (Å²) in [7, 11) is 1.77. The summed E-state index contributed by atoms with van der Waals surface area (Å²) < 4.78 is 0. The Labute approximate surface area is 104 Å². The van der Waals surface area contributed by atoms with Gasteiger partial charge in [-0.25, -0.2) is 0 Å². The van der Waals surface area contributed by atoms with E-state index < -0.39 is 0 Å². The molecule has 1 aliphatic heterocycles. The standard InChI is InChI=1S/C13H22N4/c1-3-7-15-13(14-2)16-9-11-6-8-17(10-11)12-4-5-12/h1,11-12H,4-10H2,2H3,(H2,14,15,16). The molecule has 2 aliphatic rings. The van der Waals surface area contributed by atoms with Gasteiger partial charge < -0.3 is 15.5 Å². The molecular weight excluding hydrogens is 212 g/mol. The SMILES string of the molecule is C#CCNC(=NC)NCC1CCN(C2CC2)C1. The highest BCUT2D eigenvalue weighted by molar-refractivity contribution is 5.79. The van der Waals surface area contributed by atoms with Crippen LogP contribution in [0.15, 0.2) is 4.99 Å². The van der Waals surface area contributed by atoms with Crippen molar-refractivity contribution >= 4 is 5.96 Å². The van der Waals surface area contributed by atoms with Crippen LogP contribution in [-0.4, -0.2) is 50.1 Å². The fraction of sp³-hybridized carbons (Fsp3) is 0.769. The molecule has 17 heavy (non-hydrogen) atoms. The van der Waals surface area contributed by atoms with Gasteiger partial charge in [-0.05, 0) is 31.7 Å². The Hall–Kier alpha value is -1.21. The van der Waals surface area contributed by atoms with Crippen LogP contribution in [0.4, 0.5) is 0 Å². The molecule has 1 heterocycles. The van der Waals surface area contributed by atoms with E-state index in [1.807, 2.05) is 0 Å². The first-order valence-corrected chi connectivity index (χ1v) is 6.45. The third-order valence-corrected chi connectivity index (χ3v) is 3.52. The topological polar surface area (TPSA) is 39.7 Å². The van der Waals surface area contributed by atoms with E-state index in [1.165, 1.54) is 32.4 Å². The molecule has 0 aromatic rings. The van der Waals surface area contributed by atoms with Gasteiger partial charge in [-0.15, -0.1) is 6.42 Å². The van der Waals surface area contributed by atoms with E-state index >= 15 is 0 Å². The molecule has 1 saturated carbocycles. The van der Waals surface area contributed by atoms with E-state index in [0.717, 1.165) is 24.5 Å². The molecule has 1 atom stereocenters. The van der Waals surface area contributed by atoms with Crippen molar-refractivity contribution in [1.29, 1.82) is 0 Å². The molecule has 0 bridgehead atoms. The van der Waals surface area contributed by atoms with Gasteiger partial charge in [0.2, 0.25) is 0 Å². The normalized spacial score (nSPS) is 25.6. The van der Waals surface area contributed by atoms with E-state index in [-0.39, 0.29) is 0 Å². The van der Waals surface area contributed by atoms with Gasteiger partial charge in [0.1, 0.15) is 0 Å². The Balaban J connectivity index is 1.66. The minimum atomic E-state index is 0.526. The molecule has 1 unspecified atom stereocenters. The van der Waals surface area contributed by atoms with Crippen LogP contribution in [0.2, 0.25) is 0 Å². The molecule has 1 aliphatic carbocycles. The quantitative estimate of drug-likeness (QED) is 0.417. The molecule has 94 valence electrons. The number of terminal acetylenes is 1. The van der Waals surface area contributed by atoms with E-state index in [4.69, 9.17) is 6.42 Å². The number of hydrogen-bond donors (Lipinski definition) is 2. The van der Waals surface area contributed by atoms with Gasteiger partial charge in [0.15, 0.2) is 5.96 Å². The minimum absolute atomic E-state index is 0.526. The summed E-state index contributed by atoms with van der Waals surface area (Å²) in [6.07, 6.45) is 9.32. The molecule has 0 aromatic carbocycles. The first-order chi connectivity index (χ1) is 8.33. The number of nitrogens with one attached hydrogen (secondary N) is 2. The maximum absolute atomic E-state index is 5.21. The van der Waals surface area contributed by atoms with Gasteiger partial charge in [0.25, 0.3) is 0 Å². The highest BCUT2D eigenvalue weighted by Gasteiger charge is 2.34. The summed E-state index contributed by atoms with van der Waals surface area (Å²) in [5, 5.41) is 6.42. The van der Waals surface area contributed by atoms with Crippen LogP contribution >= 0.6 is 0 Å². The molecule has 0 spiro atoms. The second-order valence-corrected chi connectivity index (χ2v) is 4.89. The lowest BCUT2D eigenvalue weighted by Crippen LogP contribution is -2.40. The van der Waals surface area contributed by atoms with Crippen molar-refractivity contribution in [3.8, 4) is 12.3 Å². The van der Waals surface area contributed by atoms with Crippen LogP contribution < -0.4 is 10.6 Å². The van der Waals surface area contributed by atoms with Crippen LogP contribution in [0.3, 0.4) is 0 Å².